The lowest BCUT2D eigenvalue weighted by Gasteiger charge is -2.09. The molecular weight excluding hydrogens is 332 g/mol. The van der Waals surface area contributed by atoms with Gasteiger partial charge in [0, 0.05) is 5.56 Å². The number of amides is 1. The minimum absolute atomic E-state index is 0.138. The monoisotopic (exact) mass is 352 g/mol. The van der Waals surface area contributed by atoms with Crippen molar-refractivity contribution in [3.05, 3.63) is 53.9 Å². The van der Waals surface area contributed by atoms with Crippen molar-refractivity contribution < 1.29 is 14.3 Å². The number of carbonyl (C=O) groups excluding carboxylic acids is 1. The van der Waals surface area contributed by atoms with Crippen LogP contribution < -0.4 is 14.9 Å². The van der Waals surface area contributed by atoms with Gasteiger partial charge in [0.15, 0.2) is 11.5 Å². The van der Waals surface area contributed by atoms with Crippen molar-refractivity contribution in [1.82, 2.24) is 15.0 Å². The molecule has 0 atom stereocenters. The van der Waals surface area contributed by atoms with E-state index in [1.54, 1.807) is 20.3 Å². The van der Waals surface area contributed by atoms with Gasteiger partial charge in [0.2, 0.25) is 0 Å². The van der Waals surface area contributed by atoms with Crippen molar-refractivity contribution in [1.29, 1.82) is 0 Å². The summed E-state index contributed by atoms with van der Waals surface area (Å²) in [6.45, 7) is 2.01. The number of hydrogen-bond acceptors (Lipinski definition) is 5. The van der Waals surface area contributed by atoms with Crippen molar-refractivity contribution in [3.8, 4) is 11.5 Å². The van der Waals surface area contributed by atoms with Crippen LogP contribution in [0.4, 0.5) is 0 Å². The van der Waals surface area contributed by atoms with Crippen LogP contribution in [0.25, 0.3) is 11.0 Å². The highest BCUT2D eigenvalue weighted by Gasteiger charge is 2.11. The Bertz CT molecular complexity index is 963. The molecule has 2 aromatic carbocycles. The van der Waals surface area contributed by atoms with E-state index in [2.05, 4.69) is 15.5 Å². The maximum atomic E-state index is 12.2. The average Bonchev–Trinajstić information content (AvgIpc) is 2.97. The maximum Gasteiger partial charge on any atom is 0.260 e. The largest absolute Gasteiger partial charge is 0.493 e. The molecule has 1 N–H and O–H groups in total. The number of benzene rings is 2. The van der Waals surface area contributed by atoms with E-state index in [9.17, 15) is 4.79 Å². The zero-order chi connectivity index (χ0) is 18.5. The maximum absolute atomic E-state index is 12.2. The Labute approximate surface area is 151 Å². The minimum atomic E-state index is -0.241. The van der Waals surface area contributed by atoms with Crippen LogP contribution in [0.2, 0.25) is 0 Å². The fraction of sp³-hybridized carbons (Fsp3) is 0.211. The molecule has 0 aliphatic rings. The summed E-state index contributed by atoms with van der Waals surface area (Å²) >= 11 is 0. The van der Waals surface area contributed by atoms with Crippen LogP contribution in [0, 0.1) is 6.92 Å². The smallest absolute Gasteiger partial charge is 0.260 e. The second-order valence-corrected chi connectivity index (χ2v) is 5.61. The molecule has 1 heterocycles. The Hall–Kier alpha value is -3.35. The number of para-hydroxylation sites is 3. The number of carbonyl (C=O) groups is 1. The molecule has 0 aliphatic heterocycles. The highest BCUT2D eigenvalue weighted by Crippen LogP contribution is 2.29. The summed E-state index contributed by atoms with van der Waals surface area (Å²) < 4.78 is 12.4. The number of hydrazone groups is 1. The molecule has 3 rings (SSSR count). The van der Waals surface area contributed by atoms with Crippen molar-refractivity contribution in [2.24, 2.45) is 5.10 Å². The average molecular weight is 352 g/mol. The summed E-state index contributed by atoms with van der Waals surface area (Å²) in [5, 5.41) is 4.02. The zero-order valence-electron chi connectivity index (χ0n) is 14.9. The van der Waals surface area contributed by atoms with Gasteiger partial charge in [-0.25, -0.2) is 10.4 Å². The van der Waals surface area contributed by atoms with Gasteiger partial charge >= 0.3 is 0 Å². The van der Waals surface area contributed by atoms with E-state index in [0.29, 0.717) is 17.1 Å². The van der Waals surface area contributed by atoms with E-state index in [1.165, 1.54) is 6.21 Å². The third kappa shape index (κ3) is 3.51. The number of methoxy groups -OCH3 is 2. The molecule has 1 aromatic heterocycles. The van der Waals surface area contributed by atoms with E-state index in [4.69, 9.17) is 9.47 Å². The first-order chi connectivity index (χ1) is 12.6. The molecule has 134 valence electrons. The van der Waals surface area contributed by atoms with Gasteiger partial charge in [-0.15, -0.1) is 0 Å². The number of ether oxygens (including phenoxy) is 2. The number of imidazole rings is 1. The van der Waals surface area contributed by atoms with Crippen molar-refractivity contribution in [2.45, 2.75) is 13.5 Å². The van der Waals surface area contributed by atoms with Crippen LogP contribution in [-0.2, 0) is 11.3 Å². The number of nitrogens with one attached hydrogen (secondary N) is 1. The fourth-order valence-corrected chi connectivity index (χ4v) is 2.76. The van der Waals surface area contributed by atoms with Gasteiger partial charge in [0.1, 0.15) is 12.4 Å². The first kappa shape index (κ1) is 17.5. The number of hydrogen-bond donors (Lipinski definition) is 1. The lowest BCUT2D eigenvalue weighted by molar-refractivity contribution is -0.121. The summed E-state index contributed by atoms with van der Waals surface area (Å²) in [7, 11) is 3.12. The standard InChI is InChI=1S/C19H20N4O3/c1-13-21-15-8-4-5-9-16(15)23(13)12-18(24)22-20-11-14-7-6-10-17(25-2)19(14)26-3/h4-11H,12H2,1-3H3,(H,22,24)/b20-11+. The van der Waals surface area contributed by atoms with Gasteiger partial charge in [0.05, 0.1) is 31.5 Å². The highest BCUT2D eigenvalue weighted by molar-refractivity contribution is 5.87. The molecule has 26 heavy (non-hydrogen) atoms. The normalized spacial score (nSPS) is 11.0. The third-order valence-corrected chi connectivity index (χ3v) is 3.97. The van der Waals surface area contributed by atoms with Gasteiger partial charge in [-0.3, -0.25) is 4.79 Å². The fourth-order valence-electron chi connectivity index (χ4n) is 2.76. The number of fused-ring (bicyclic) bond motifs is 1. The van der Waals surface area contributed by atoms with E-state index in [-0.39, 0.29) is 12.5 Å². The predicted molar refractivity (Wildman–Crippen MR) is 99.8 cm³/mol. The Balaban J connectivity index is 1.71. The lowest BCUT2D eigenvalue weighted by atomic mass is 10.2. The van der Waals surface area contributed by atoms with Crippen molar-refractivity contribution in [2.75, 3.05) is 14.2 Å². The van der Waals surface area contributed by atoms with Crippen LogP contribution in [0.3, 0.4) is 0 Å². The third-order valence-electron chi connectivity index (χ3n) is 3.97. The highest BCUT2D eigenvalue weighted by atomic mass is 16.5. The van der Waals surface area contributed by atoms with Crippen molar-refractivity contribution in [3.63, 3.8) is 0 Å². The molecule has 0 fully saturated rings. The van der Waals surface area contributed by atoms with Crippen LogP contribution in [-0.4, -0.2) is 35.9 Å². The molecule has 0 radical (unpaired) electrons. The molecule has 0 bridgehead atoms. The summed E-state index contributed by atoms with van der Waals surface area (Å²) in [6, 6.07) is 13.1. The quantitative estimate of drug-likeness (QED) is 0.546. The number of aryl methyl sites for hydroxylation is 1. The van der Waals surface area contributed by atoms with Gasteiger partial charge < -0.3 is 14.0 Å². The molecule has 0 spiro atoms. The molecule has 0 aliphatic carbocycles. The van der Waals surface area contributed by atoms with Crippen LogP contribution in [0.15, 0.2) is 47.6 Å². The topological polar surface area (TPSA) is 77.7 Å². The van der Waals surface area contributed by atoms with Gasteiger partial charge in [-0.05, 0) is 31.2 Å². The van der Waals surface area contributed by atoms with Crippen molar-refractivity contribution >= 4 is 23.2 Å². The number of aromatic nitrogens is 2. The zero-order valence-corrected chi connectivity index (χ0v) is 14.9. The van der Waals surface area contributed by atoms with Crippen LogP contribution in [0.1, 0.15) is 11.4 Å². The van der Waals surface area contributed by atoms with Gasteiger partial charge in [-0.1, -0.05) is 18.2 Å². The summed E-state index contributed by atoms with van der Waals surface area (Å²) in [4.78, 5) is 16.7. The predicted octanol–water partition coefficient (Wildman–Crippen LogP) is 2.51. The number of rotatable bonds is 6. The Morgan fingerprint density at radius 2 is 2.00 bits per heavy atom. The van der Waals surface area contributed by atoms with E-state index in [1.807, 2.05) is 47.9 Å². The van der Waals surface area contributed by atoms with Crippen LogP contribution in [0.5, 0.6) is 11.5 Å². The molecule has 7 nitrogen and oxygen atoms in total. The molecule has 7 heteroatoms. The summed E-state index contributed by atoms with van der Waals surface area (Å²) in [6.07, 6.45) is 1.53. The van der Waals surface area contributed by atoms with E-state index in [0.717, 1.165) is 16.9 Å². The second-order valence-electron chi connectivity index (χ2n) is 5.61. The Kier molecular flexibility index (Phi) is 5.17. The molecule has 3 aromatic rings. The molecule has 1 amide bonds. The van der Waals surface area contributed by atoms with Crippen LogP contribution >= 0.6 is 0 Å². The Morgan fingerprint density at radius 1 is 1.19 bits per heavy atom. The van der Waals surface area contributed by atoms with Gasteiger partial charge in [-0.2, -0.15) is 5.10 Å². The molecule has 0 saturated heterocycles. The van der Waals surface area contributed by atoms with E-state index < -0.39 is 0 Å². The minimum Gasteiger partial charge on any atom is -0.493 e. The first-order valence-electron chi connectivity index (χ1n) is 8.08. The molecular formula is C19H20N4O3. The number of nitrogens with zero attached hydrogens (tertiary/aromatic N) is 3. The molecule has 0 saturated carbocycles. The first-order valence-corrected chi connectivity index (χ1v) is 8.08. The van der Waals surface area contributed by atoms with Gasteiger partial charge in [0.25, 0.3) is 5.91 Å². The SMILES string of the molecule is COc1cccc(/C=N/NC(=O)Cn2c(C)nc3ccccc32)c1OC. The summed E-state index contributed by atoms with van der Waals surface area (Å²) in [5.74, 6) is 1.70. The van der Waals surface area contributed by atoms with E-state index >= 15 is 0 Å². The molecule has 0 unspecified atom stereocenters. The lowest BCUT2D eigenvalue weighted by Crippen LogP contribution is -2.23. The Morgan fingerprint density at radius 3 is 2.77 bits per heavy atom. The summed E-state index contributed by atoms with van der Waals surface area (Å²) in [5.41, 5.74) is 5.02. The second kappa shape index (κ2) is 7.69.